The van der Waals surface area contributed by atoms with E-state index in [9.17, 15) is 4.79 Å². The van der Waals surface area contributed by atoms with E-state index in [1.165, 1.54) is 5.56 Å². The number of halogens is 1. The highest BCUT2D eigenvalue weighted by molar-refractivity contribution is 6.33. The lowest BCUT2D eigenvalue weighted by Gasteiger charge is -2.09. The SMILES string of the molecule is CC[C@@H](C)c1ccc2oc(-c3ccc(Cl)c(NC(=O)CC(C)C)c3)nc2c1. The van der Waals surface area contributed by atoms with Crippen molar-refractivity contribution in [3.8, 4) is 11.5 Å². The number of amides is 1. The van der Waals surface area contributed by atoms with E-state index in [4.69, 9.17) is 16.0 Å². The van der Waals surface area contributed by atoms with Gasteiger partial charge in [-0.1, -0.05) is 45.4 Å². The van der Waals surface area contributed by atoms with Gasteiger partial charge in [-0.25, -0.2) is 4.98 Å². The highest BCUT2D eigenvalue weighted by atomic mass is 35.5. The quantitative estimate of drug-likeness (QED) is 0.517. The van der Waals surface area contributed by atoms with Crippen LogP contribution in [0.25, 0.3) is 22.6 Å². The molecule has 1 heterocycles. The molecule has 0 aliphatic heterocycles. The smallest absolute Gasteiger partial charge is 0.227 e. The maximum atomic E-state index is 12.1. The van der Waals surface area contributed by atoms with Crippen LogP contribution in [-0.4, -0.2) is 10.9 Å². The molecule has 1 N–H and O–H groups in total. The summed E-state index contributed by atoms with van der Waals surface area (Å²) >= 11 is 6.25. The van der Waals surface area contributed by atoms with Gasteiger partial charge in [0, 0.05) is 12.0 Å². The van der Waals surface area contributed by atoms with Gasteiger partial charge >= 0.3 is 0 Å². The largest absolute Gasteiger partial charge is 0.436 e. The van der Waals surface area contributed by atoms with E-state index < -0.39 is 0 Å². The Hall–Kier alpha value is -2.33. The van der Waals surface area contributed by atoms with E-state index >= 15 is 0 Å². The highest BCUT2D eigenvalue weighted by Crippen LogP contribution is 2.32. The fraction of sp³-hybridized carbons (Fsp3) is 0.364. The summed E-state index contributed by atoms with van der Waals surface area (Å²) in [4.78, 5) is 16.7. The van der Waals surface area contributed by atoms with Crippen LogP contribution in [0.1, 0.15) is 52.0 Å². The minimum atomic E-state index is -0.0557. The van der Waals surface area contributed by atoms with Crippen molar-refractivity contribution in [1.29, 1.82) is 0 Å². The first kappa shape index (κ1) is 19.4. The van der Waals surface area contributed by atoms with Gasteiger partial charge in [0.25, 0.3) is 0 Å². The number of carbonyl (C=O) groups is 1. The molecule has 1 aromatic heterocycles. The Bertz CT molecular complexity index is 962. The lowest BCUT2D eigenvalue weighted by Crippen LogP contribution is -2.14. The number of nitrogens with zero attached hydrogens (tertiary/aromatic N) is 1. The normalized spacial score (nSPS) is 12.5. The van der Waals surface area contributed by atoms with Crippen LogP contribution < -0.4 is 5.32 Å². The third-order valence-electron chi connectivity index (χ3n) is 4.67. The van der Waals surface area contributed by atoms with Crippen molar-refractivity contribution in [2.75, 3.05) is 5.32 Å². The topological polar surface area (TPSA) is 55.1 Å². The van der Waals surface area contributed by atoms with Crippen LogP contribution in [0.5, 0.6) is 0 Å². The Labute approximate surface area is 164 Å². The molecule has 0 bridgehead atoms. The molecule has 0 saturated carbocycles. The number of nitrogens with one attached hydrogen (secondary N) is 1. The van der Waals surface area contributed by atoms with Crippen molar-refractivity contribution in [3.63, 3.8) is 0 Å². The molecule has 0 aliphatic carbocycles. The van der Waals surface area contributed by atoms with Crippen LogP contribution in [-0.2, 0) is 4.79 Å². The van der Waals surface area contributed by atoms with Crippen LogP contribution in [0.4, 0.5) is 5.69 Å². The summed E-state index contributed by atoms with van der Waals surface area (Å²) in [5, 5.41) is 3.37. The van der Waals surface area contributed by atoms with E-state index in [1.54, 1.807) is 12.1 Å². The number of oxazole rings is 1. The lowest BCUT2D eigenvalue weighted by molar-refractivity contribution is -0.116. The second kappa shape index (κ2) is 8.13. The molecular weight excluding hydrogens is 360 g/mol. The molecule has 1 amide bonds. The van der Waals surface area contributed by atoms with Crippen LogP contribution in [0.2, 0.25) is 5.02 Å². The number of carbonyl (C=O) groups excluding carboxylic acids is 1. The van der Waals surface area contributed by atoms with Crippen LogP contribution in [0.15, 0.2) is 40.8 Å². The van der Waals surface area contributed by atoms with Crippen LogP contribution in [0.3, 0.4) is 0 Å². The zero-order valence-electron chi connectivity index (χ0n) is 16.2. The Balaban J connectivity index is 1.91. The molecule has 0 spiro atoms. The van der Waals surface area contributed by atoms with Gasteiger partial charge in [-0.2, -0.15) is 0 Å². The summed E-state index contributed by atoms with van der Waals surface area (Å²) in [6.07, 6.45) is 1.52. The van der Waals surface area contributed by atoms with E-state index in [2.05, 4.69) is 36.3 Å². The third kappa shape index (κ3) is 4.51. The van der Waals surface area contributed by atoms with Gasteiger partial charge in [0.05, 0.1) is 10.7 Å². The van der Waals surface area contributed by atoms with Gasteiger partial charge in [-0.3, -0.25) is 4.79 Å². The number of hydrogen-bond acceptors (Lipinski definition) is 3. The predicted molar refractivity (Wildman–Crippen MR) is 111 cm³/mol. The maximum absolute atomic E-state index is 12.1. The number of aromatic nitrogens is 1. The summed E-state index contributed by atoms with van der Waals surface area (Å²) < 4.78 is 5.92. The summed E-state index contributed by atoms with van der Waals surface area (Å²) in [7, 11) is 0. The molecule has 3 aromatic rings. The van der Waals surface area contributed by atoms with Crippen molar-refractivity contribution in [2.24, 2.45) is 5.92 Å². The lowest BCUT2D eigenvalue weighted by atomic mass is 9.98. The van der Waals surface area contributed by atoms with E-state index in [1.807, 2.05) is 26.0 Å². The standard InChI is InChI=1S/C22H25ClN2O2/c1-5-14(4)15-7-9-20-19(11-15)25-22(27-20)16-6-8-17(23)18(12-16)24-21(26)10-13(2)3/h6-9,11-14H,5,10H2,1-4H3,(H,24,26)/t14-/m1/s1. The minimum absolute atomic E-state index is 0.0557. The van der Waals surface area contributed by atoms with Gasteiger partial charge in [0.2, 0.25) is 11.8 Å². The van der Waals surface area contributed by atoms with Crippen molar-refractivity contribution in [2.45, 2.75) is 46.5 Å². The molecule has 0 unspecified atom stereocenters. The number of fused-ring (bicyclic) bond motifs is 1. The molecule has 142 valence electrons. The summed E-state index contributed by atoms with van der Waals surface area (Å²) in [5.41, 5.74) is 4.19. The molecule has 0 saturated heterocycles. The zero-order valence-corrected chi connectivity index (χ0v) is 16.9. The third-order valence-corrected chi connectivity index (χ3v) is 5.00. The van der Waals surface area contributed by atoms with Gasteiger partial charge in [-0.15, -0.1) is 0 Å². The number of benzene rings is 2. The zero-order chi connectivity index (χ0) is 19.6. The monoisotopic (exact) mass is 384 g/mol. The molecule has 0 radical (unpaired) electrons. The predicted octanol–water partition coefficient (Wildman–Crippen LogP) is 6.65. The first-order valence-electron chi connectivity index (χ1n) is 9.37. The molecular formula is C22H25ClN2O2. The van der Waals surface area contributed by atoms with Gasteiger partial charge < -0.3 is 9.73 Å². The molecule has 3 rings (SSSR count). The second-order valence-corrected chi connectivity index (χ2v) is 7.80. The molecule has 2 aromatic carbocycles. The fourth-order valence-electron chi connectivity index (χ4n) is 2.94. The first-order valence-corrected chi connectivity index (χ1v) is 9.75. The Kier molecular flexibility index (Phi) is 5.85. The van der Waals surface area contributed by atoms with Crippen LogP contribution >= 0.6 is 11.6 Å². The average Bonchev–Trinajstić information content (AvgIpc) is 3.05. The number of rotatable bonds is 6. The van der Waals surface area contributed by atoms with Crippen LogP contribution in [0, 0.1) is 5.92 Å². The molecule has 1 atom stereocenters. The van der Waals surface area contributed by atoms with E-state index in [-0.39, 0.29) is 11.8 Å². The Morgan fingerprint density at radius 3 is 2.67 bits per heavy atom. The van der Waals surface area contributed by atoms with Crippen molar-refractivity contribution in [1.82, 2.24) is 4.98 Å². The van der Waals surface area contributed by atoms with Gasteiger partial charge in [-0.05, 0) is 54.2 Å². The first-order chi connectivity index (χ1) is 12.9. The summed E-state index contributed by atoms with van der Waals surface area (Å²) in [6, 6.07) is 11.5. The Morgan fingerprint density at radius 2 is 1.96 bits per heavy atom. The molecule has 4 nitrogen and oxygen atoms in total. The van der Waals surface area contributed by atoms with E-state index in [0.29, 0.717) is 28.9 Å². The van der Waals surface area contributed by atoms with Gasteiger partial charge in [0.15, 0.2) is 5.58 Å². The minimum Gasteiger partial charge on any atom is -0.436 e. The Morgan fingerprint density at radius 1 is 1.19 bits per heavy atom. The summed E-state index contributed by atoms with van der Waals surface area (Å²) in [6.45, 7) is 8.38. The fourth-order valence-corrected chi connectivity index (χ4v) is 3.10. The highest BCUT2D eigenvalue weighted by Gasteiger charge is 2.14. The number of hydrogen-bond donors (Lipinski definition) is 1. The average molecular weight is 385 g/mol. The van der Waals surface area contributed by atoms with Gasteiger partial charge in [0.1, 0.15) is 5.52 Å². The summed E-state index contributed by atoms with van der Waals surface area (Å²) in [5.74, 6) is 1.22. The van der Waals surface area contributed by atoms with Crippen molar-refractivity contribution < 1.29 is 9.21 Å². The molecule has 27 heavy (non-hydrogen) atoms. The van der Waals surface area contributed by atoms with Crippen molar-refractivity contribution in [3.05, 3.63) is 47.0 Å². The number of anilines is 1. The van der Waals surface area contributed by atoms with E-state index in [0.717, 1.165) is 23.1 Å². The maximum Gasteiger partial charge on any atom is 0.227 e. The van der Waals surface area contributed by atoms with Crippen molar-refractivity contribution >= 4 is 34.3 Å². The molecule has 0 aliphatic rings. The molecule has 5 heteroatoms. The molecule has 0 fully saturated rings. The second-order valence-electron chi connectivity index (χ2n) is 7.40.